The van der Waals surface area contributed by atoms with Crippen LogP contribution >= 0.6 is 11.6 Å². The average molecular weight is 274 g/mol. The van der Waals surface area contributed by atoms with Gasteiger partial charge in [0.15, 0.2) is 11.5 Å². The van der Waals surface area contributed by atoms with E-state index >= 15 is 0 Å². The van der Waals surface area contributed by atoms with E-state index in [1.165, 1.54) is 20.3 Å². The van der Waals surface area contributed by atoms with E-state index < -0.39 is 4.92 Å². The number of rotatable bonds is 6. The minimum Gasteiger partial charge on any atom is -0.493 e. The molecule has 1 unspecified atom stereocenters. The number of nitro groups is 1. The van der Waals surface area contributed by atoms with Gasteiger partial charge in [-0.15, -0.1) is 11.6 Å². The number of hydrogen-bond donors (Lipinski definition) is 0. The standard InChI is InChI=1S/C12H16ClNO4/c1-4-9(13)5-8-6-11(17-2)12(18-3)7-10(8)14(15)16/h6-7,9H,4-5H2,1-3H3. The van der Waals surface area contributed by atoms with Crippen LogP contribution in [0.3, 0.4) is 0 Å². The highest BCUT2D eigenvalue weighted by atomic mass is 35.5. The predicted octanol–water partition coefficient (Wildman–Crippen LogP) is 3.17. The molecule has 0 spiro atoms. The summed E-state index contributed by atoms with van der Waals surface area (Å²) in [6.45, 7) is 1.93. The van der Waals surface area contributed by atoms with Gasteiger partial charge in [0, 0.05) is 10.9 Å². The van der Waals surface area contributed by atoms with Crippen LogP contribution in [0.5, 0.6) is 11.5 Å². The molecule has 0 aliphatic heterocycles. The molecule has 0 aliphatic rings. The van der Waals surface area contributed by atoms with Crippen molar-refractivity contribution in [2.45, 2.75) is 25.1 Å². The highest BCUT2D eigenvalue weighted by Crippen LogP contribution is 2.35. The summed E-state index contributed by atoms with van der Waals surface area (Å²) in [5.74, 6) is 0.814. The third-order valence-corrected chi connectivity index (χ3v) is 3.13. The third-order valence-electron chi connectivity index (χ3n) is 2.67. The number of alkyl halides is 1. The lowest BCUT2D eigenvalue weighted by Crippen LogP contribution is -2.05. The van der Waals surface area contributed by atoms with Crippen LogP contribution in [-0.2, 0) is 6.42 Å². The second kappa shape index (κ2) is 6.44. The third kappa shape index (κ3) is 3.26. The average Bonchev–Trinajstić information content (AvgIpc) is 2.37. The molecule has 5 nitrogen and oxygen atoms in total. The molecule has 6 heteroatoms. The summed E-state index contributed by atoms with van der Waals surface area (Å²) >= 11 is 6.05. The zero-order valence-electron chi connectivity index (χ0n) is 10.6. The van der Waals surface area contributed by atoms with Crippen LogP contribution in [0.15, 0.2) is 12.1 Å². The number of benzene rings is 1. The summed E-state index contributed by atoms with van der Waals surface area (Å²) in [7, 11) is 2.93. The summed E-state index contributed by atoms with van der Waals surface area (Å²) in [5.41, 5.74) is 0.561. The minimum absolute atomic E-state index is 0.00625. The first-order valence-electron chi connectivity index (χ1n) is 5.56. The summed E-state index contributed by atoms with van der Waals surface area (Å²) in [6, 6.07) is 2.98. The van der Waals surface area contributed by atoms with Crippen LogP contribution in [0.4, 0.5) is 5.69 Å². The fourth-order valence-electron chi connectivity index (χ4n) is 1.63. The zero-order chi connectivity index (χ0) is 13.7. The van der Waals surface area contributed by atoms with E-state index in [1.54, 1.807) is 6.07 Å². The molecule has 0 aromatic heterocycles. The molecule has 100 valence electrons. The molecule has 0 fully saturated rings. The van der Waals surface area contributed by atoms with E-state index in [-0.39, 0.29) is 11.1 Å². The SMILES string of the molecule is CCC(Cl)Cc1cc(OC)c(OC)cc1[N+](=O)[O-]. The van der Waals surface area contributed by atoms with E-state index in [9.17, 15) is 10.1 Å². The number of nitro benzene ring substituents is 1. The van der Waals surface area contributed by atoms with Gasteiger partial charge in [-0.2, -0.15) is 0 Å². The summed E-state index contributed by atoms with van der Waals surface area (Å²) < 4.78 is 10.2. The topological polar surface area (TPSA) is 61.6 Å². The number of hydrogen-bond acceptors (Lipinski definition) is 4. The molecule has 0 aliphatic carbocycles. The van der Waals surface area contributed by atoms with Crippen LogP contribution in [0, 0.1) is 10.1 Å². The quantitative estimate of drug-likeness (QED) is 0.454. The van der Waals surface area contributed by atoms with Crippen LogP contribution in [0.25, 0.3) is 0 Å². The van der Waals surface area contributed by atoms with Crippen molar-refractivity contribution in [2.75, 3.05) is 14.2 Å². The molecule has 1 aromatic rings. The lowest BCUT2D eigenvalue weighted by molar-refractivity contribution is -0.385. The lowest BCUT2D eigenvalue weighted by atomic mass is 10.1. The number of halogens is 1. The smallest absolute Gasteiger partial charge is 0.276 e. The first-order valence-corrected chi connectivity index (χ1v) is 6.00. The Morgan fingerprint density at radius 1 is 1.33 bits per heavy atom. The highest BCUT2D eigenvalue weighted by molar-refractivity contribution is 6.20. The molecule has 0 N–H and O–H groups in total. The maximum Gasteiger partial charge on any atom is 0.276 e. The molecule has 0 amide bonds. The molecule has 1 aromatic carbocycles. The monoisotopic (exact) mass is 273 g/mol. The second-order valence-electron chi connectivity index (χ2n) is 3.80. The molecule has 0 heterocycles. The number of ether oxygens (including phenoxy) is 2. The summed E-state index contributed by atoms with van der Waals surface area (Å²) in [4.78, 5) is 10.6. The maximum atomic E-state index is 11.0. The van der Waals surface area contributed by atoms with E-state index in [1.807, 2.05) is 6.92 Å². The maximum absolute atomic E-state index is 11.0. The van der Waals surface area contributed by atoms with Crippen molar-refractivity contribution < 1.29 is 14.4 Å². The summed E-state index contributed by atoms with van der Waals surface area (Å²) in [6.07, 6.45) is 1.17. The highest BCUT2D eigenvalue weighted by Gasteiger charge is 2.20. The molecule has 1 atom stereocenters. The molecule has 0 saturated carbocycles. The molecular formula is C12H16ClNO4. The minimum atomic E-state index is -0.434. The van der Waals surface area contributed by atoms with Gasteiger partial charge in [0.2, 0.25) is 0 Å². The Hall–Kier alpha value is -1.49. The lowest BCUT2D eigenvalue weighted by Gasteiger charge is -2.12. The van der Waals surface area contributed by atoms with Crippen molar-refractivity contribution >= 4 is 17.3 Å². The van der Waals surface area contributed by atoms with Crippen LogP contribution in [-0.4, -0.2) is 24.5 Å². The zero-order valence-corrected chi connectivity index (χ0v) is 11.4. The van der Waals surface area contributed by atoms with Crippen molar-refractivity contribution in [1.82, 2.24) is 0 Å². The second-order valence-corrected chi connectivity index (χ2v) is 4.42. The van der Waals surface area contributed by atoms with Crippen molar-refractivity contribution in [1.29, 1.82) is 0 Å². The van der Waals surface area contributed by atoms with Crippen molar-refractivity contribution in [3.63, 3.8) is 0 Å². The van der Waals surface area contributed by atoms with Crippen molar-refractivity contribution in [2.24, 2.45) is 0 Å². The van der Waals surface area contributed by atoms with Gasteiger partial charge in [-0.3, -0.25) is 10.1 Å². The molecule has 0 radical (unpaired) electrons. The normalized spacial score (nSPS) is 12.0. The molecular weight excluding hydrogens is 258 g/mol. The van der Waals surface area contributed by atoms with Gasteiger partial charge in [-0.05, 0) is 18.9 Å². The summed E-state index contributed by atoms with van der Waals surface area (Å²) in [5, 5.41) is 10.9. The van der Waals surface area contributed by atoms with Gasteiger partial charge in [0.25, 0.3) is 5.69 Å². The van der Waals surface area contributed by atoms with Crippen LogP contribution in [0.1, 0.15) is 18.9 Å². The van der Waals surface area contributed by atoms with Crippen LogP contribution < -0.4 is 9.47 Å². The van der Waals surface area contributed by atoms with E-state index in [0.29, 0.717) is 23.5 Å². The van der Waals surface area contributed by atoms with E-state index in [0.717, 1.165) is 6.42 Å². The number of methoxy groups -OCH3 is 2. The Morgan fingerprint density at radius 3 is 2.33 bits per heavy atom. The first kappa shape index (κ1) is 14.6. The van der Waals surface area contributed by atoms with Gasteiger partial charge in [-0.25, -0.2) is 0 Å². The van der Waals surface area contributed by atoms with Crippen LogP contribution in [0.2, 0.25) is 0 Å². The van der Waals surface area contributed by atoms with E-state index in [2.05, 4.69) is 0 Å². The molecule has 0 saturated heterocycles. The van der Waals surface area contributed by atoms with Gasteiger partial charge in [0.05, 0.1) is 25.2 Å². The largest absolute Gasteiger partial charge is 0.493 e. The Kier molecular flexibility index (Phi) is 5.22. The molecule has 0 bridgehead atoms. The molecule has 18 heavy (non-hydrogen) atoms. The van der Waals surface area contributed by atoms with Gasteiger partial charge >= 0.3 is 0 Å². The van der Waals surface area contributed by atoms with Crippen molar-refractivity contribution in [3.05, 3.63) is 27.8 Å². The Balaban J connectivity index is 3.24. The predicted molar refractivity (Wildman–Crippen MR) is 69.8 cm³/mol. The fourth-order valence-corrected chi connectivity index (χ4v) is 1.79. The van der Waals surface area contributed by atoms with Crippen molar-refractivity contribution in [3.8, 4) is 11.5 Å². The Bertz CT molecular complexity index is 436. The van der Waals surface area contributed by atoms with E-state index in [4.69, 9.17) is 21.1 Å². The van der Waals surface area contributed by atoms with Gasteiger partial charge in [0.1, 0.15) is 0 Å². The Labute approximate surface area is 111 Å². The van der Waals surface area contributed by atoms with Gasteiger partial charge in [-0.1, -0.05) is 6.92 Å². The molecule has 1 rings (SSSR count). The Morgan fingerprint density at radius 2 is 1.89 bits per heavy atom. The number of nitrogens with zero attached hydrogens (tertiary/aromatic N) is 1. The van der Waals surface area contributed by atoms with Gasteiger partial charge < -0.3 is 9.47 Å². The first-order chi connectivity index (χ1) is 8.53. The fraction of sp³-hybridized carbons (Fsp3) is 0.500.